The third-order valence-corrected chi connectivity index (χ3v) is 3.52. The van der Waals surface area contributed by atoms with Crippen LogP contribution < -0.4 is 5.32 Å². The maximum absolute atomic E-state index is 5.56. The molecule has 70 valence electrons. The van der Waals surface area contributed by atoms with Gasteiger partial charge in [0.05, 0.1) is 6.61 Å². The minimum absolute atomic E-state index is 0.536. The fourth-order valence-corrected chi connectivity index (χ4v) is 2.28. The Hall–Kier alpha value is -0.0800. The van der Waals surface area contributed by atoms with E-state index in [0.717, 1.165) is 19.1 Å². The van der Waals surface area contributed by atoms with Crippen molar-refractivity contribution in [3.05, 3.63) is 0 Å². The van der Waals surface area contributed by atoms with Crippen molar-refractivity contribution in [2.75, 3.05) is 26.3 Å². The molecular formula is C10H19NO. The fourth-order valence-electron chi connectivity index (χ4n) is 2.28. The van der Waals surface area contributed by atoms with Gasteiger partial charge in [0.15, 0.2) is 0 Å². The van der Waals surface area contributed by atoms with Crippen molar-refractivity contribution in [1.82, 2.24) is 5.32 Å². The lowest BCUT2D eigenvalue weighted by atomic mass is 9.62. The number of rotatable bonds is 4. The zero-order chi connectivity index (χ0) is 8.44. The average Bonchev–Trinajstić information content (AvgIpc) is 1.90. The van der Waals surface area contributed by atoms with Crippen molar-refractivity contribution in [3.8, 4) is 0 Å². The summed E-state index contributed by atoms with van der Waals surface area (Å²) < 4.78 is 5.56. The second-order valence-corrected chi connectivity index (χ2v) is 4.23. The molecule has 1 aliphatic heterocycles. The molecule has 0 unspecified atom stereocenters. The lowest BCUT2D eigenvalue weighted by Gasteiger charge is -2.51. The van der Waals surface area contributed by atoms with E-state index < -0.39 is 0 Å². The molecule has 2 heteroatoms. The van der Waals surface area contributed by atoms with Crippen LogP contribution in [0.4, 0.5) is 0 Å². The standard InChI is InChI=1S/C10H19NO/c1-2-12-8-10(6-11-7-10)9-4-3-5-9/h9,11H,2-8H2,1H3. The molecule has 0 bridgehead atoms. The minimum Gasteiger partial charge on any atom is -0.381 e. The van der Waals surface area contributed by atoms with Gasteiger partial charge in [-0.05, 0) is 25.7 Å². The Bertz CT molecular complexity index is 150. The second-order valence-electron chi connectivity index (χ2n) is 4.23. The lowest BCUT2D eigenvalue weighted by molar-refractivity contribution is -0.0519. The molecule has 2 rings (SSSR count). The van der Waals surface area contributed by atoms with Crippen LogP contribution in [0, 0.1) is 11.3 Å². The summed E-state index contributed by atoms with van der Waals surface area (Å²) >= 11 is 0. The first-order valence-corrected chi connectivity index (χ1v) is 5.16. The smallest absolute Gasteiger partial charge is 0.0549 e. The molecule has 12 heavy (non-hydrogen) atoms. The first-order chi connectivity index (χ1) is 5.87. The summed E-state index contributed by atoms with van der Waals surface area (Å²) in [5.41, 5.74) is 0.536. The van der Waals surface area contributed by atoms with E-state index >= 15 is 0 Å². The van der Waals surface area contributed by atoms with Gasteiger partial charge >= 0.3 is 0 Å². The number of hydrogen-bond acceptors (Lipinski definition) is 2. The van der Waals surface area contributed by atoms with Crippen molar-refractivity contribution in [2.24, 2.45) is 11.3 Å². The highest BCUT2D eigenvalue weighted by molar-refractivity contribution is 5.00. The maximum Gasteiger partial charge on any atom is 0.0549 e. The summed E-state index contributed by atoms with van der Waals surface area (Å²) in [6.07, 6.45) is 4.32. The summed E-state index contributed by atoms with van der Waals surface area (Å²) in [7, 11) is 0. The van der Waals surface area contributed by atoms with Crippen molar-refractivity contribution < 1.29 is 4.74 Å². The summed E-state index contributed by atoms with van der Waals surface area (Å²) in [4.78, 5) is 0. The third-order valence-electron chi connectivity index (χ3n) is 3.52. The molecule has 0 radical (unpaired) electrons. The molecule has 0 aromatic carbocycles. The minimum atomic E-state index is 0.536. The van der Waals surface area contributed by atoms with Gasteiger partial charge in [0.2, 0.25) is 0 Å². The predicted molar refractivity (Wildman–Crippen MR) is 49.1 cm³/mol. The Balaban J connectivity index is 1.85. The monoisotopic (exact) mass is 169 g/mol. The first-order valence-electron chi connectivity index (χ1n) is 5.16. The van der Waals surface area contributed by atoms with Crippen LogP contribution in [0.25, 0.3) is 0 Å². The molecule has 2 nitrogen and oxygen atoms in total. The van der Waals surface area contributed by atoms with Crippen molar-refractivity contribution in [3.63, 3.8) is 0 Å². The van der Waals surface area contributed by atoms with E-state index in [2.05, 4.69) is 12.2 Å². The normalized spacial score (nSPS) is 27.8. The molecule has 1 heterocycles. The van der Waals surface area contributed by atoms with Gasteiger partial charge in [-0.3, -0.25) is 0 Å². The number of hydrogen-bond donors (Lipinski definition) is 1. The first kappa shape index (κ1) is 8.52. The van der Waals surface area contributed by atoms with Gasteiger partial charge in [0, 0.05) is 25.1 Å². The molecule has 1 saturated heterocycles. The van der Waals surface area contributed by atoms with Gasteiger partial charge in [-0.25, -0.2) is 0 Å². The zero-order valence-electron chi connectivity index (χ0n) is 7.94. The molecule has 2 fully saturated rings. The van der Waals surface area contributed by atoms with E-state index in [0.29, 0.717) is 5.41 Å². The van der Waals surface area contributed by atoms with E-state index in [9.17, 15) is 0 Å². The summed E-state index contributed by atoms with van der Waals surface area (Å²) in [5.74, 6) is 0.963. The van der Waals surface area contributed by atoms with E-state index in [1.54, 1.807) is 0 Å². The highest BCUT2D eigenvalue weighted by atomic mass is 16.5. The average molecular weight is 169 g/mol. The number of ether oxygens (including phenoxy) is 1. The molecule has 0 spiro atoms. The molecule has 2 aliphatic rings. The van der Waals surface area contributed by atoms with Crippen LogP contribution in [0.3, 0.4) is 0 Å². The van der Waals surface area contributed by atoms with Crippen LogP contribution in [-0.4, -0.2) is 26.3 Å². The van der Waals surface area contributed by atoms with Crippen LogP contribution in [0.1, 0.15) is 26.2 Å². The van der Waals surface area contributed by atoms with Gasteiger partial charge in [0.1, 0.15) is 0 Å². The molecule has 0 amide bonds. The number of nitrogens with one attached hydrogen (secondary N) is 1. The van der Waals surface area contributed by atoms with Crippen LogP contribution in [0.2, 0.25) is 0 Å². The van der Waals surface area contributed by atoms with Gasteiger partial charge in [-0.2, -0.15) is 0 Å². The van der Waals surface area contributed by atoms with E-state index in [1.165, 1.54) is 32.4 Å². The SMILES string of the molecule is CCOCC1(C2CCC2)CNC1. The van der Waals surface area contributed by atoms with Crippen molar-refractivity contribution >= 4 is 0 Å². The lowest BCUT2D eigenvalue weighted by Crippen LogP contribution is -2.61. The Morgan fingerprint density at radius 1 is 1.42 bits per heavy atom. The summed E-state index contributed by atoms with van der Waals surface area (Å²) in [6.45, 7) is 6.32. The quantitative estimate of drug-likeness (QED) is 0.687. The van der Waals surface area contributed by atoms with Crippen LogP contribution in [-0.2, 0) is 4.74 Å². The molecule has 0 aromatic heterocycles. The third kappa shape index (κ3) is 1.27. The molecule has 1 saturated carbocycles. The predicted octanol–water partition coefficient (Wildman–Crippen LogP) is 1.41. The second kappa shape index (κ2) is 3.35. The van der Waals surface area contributed by atoms with Gasteiger partial charge in [0.25, 0.3) is 0 Å². The van der Waals surface area contributed by atoms with E-state index in [-0.39, 0.29) is 0 Å². The van der Waals surface area contributed by atoms with E-state index in [4.69, 9.17) is 4.74 Å². The highest BCUT2D eigenvalue weighted by Crippen LogP contribution is 2.44. The molecule has 1 N–H and O–H groups in total. The van der Waals surface area contributed by atoms with E-state index in [1.807, 2.05) is 0 Å². The van der Waals surface area contributed by atoms with Crippen molar-refractivity contribution in [2.45, 2.75) is 26.2 Å². The molecule has 0 aromatic rings. The Labute approximate surface area is 74.7 Å². The Kier molecular flexibility index (Phi) is 2.37. The summed E-state index contributed by atoms with van der Waals surface area (Å²) in [6, 6.07) is 0. The molecule has 1 aliphatic carbocycles. The Morgan fingerprint density at radius 2 is 2.17 bits per heavy atom. The van der Waals surface area contributed by atoms with Crippen LogP contribution in [0.15, 0.2) is 0 Å². The van der Waals surface area contributed by atoms with Crippen LogP contribution >= 0.6 is 0 Å². The maximum atomic E-state index is 5.56. The molecule has 0 atom stereocenters. The molecular weight excluding hydrogens is 150 g/mol. The van der Waals surface area contributed by atoms with Crippen LogP contribution in [0.5, 0.6) is 0 Å². The van der Waals surface area contributed by atoms with Gasteiger partial charge in [-0.15, -0.1) is 0 Å². The highest BCUT2D eigenvalue weighted by Gasteiger charge is 2.46. The summed E-state index contributed by atoms with van der Waals surface area (Å²) in [5, 5.41) is 3.38. The topological polar surface area (TPSA) is 21.3 Å². The zero-order valence-corrected chi connectivity index (χ0v) is 7.94. The fraction of sp³-hybridized carbons (Fsp3) is 1.00. The van der Waals surface area contributed by atoms with Gasteiger partial charge < -0.3 is 10.1 Å². The van der Waals surface area contributed by atoms with Gasteiger partial charge in [-0.1, -0.05) is 6.42 Å². The Morgan fingerprint density at radius 3 is 2.50 bits per heavy atom. The van der Waals surface area contributed by atoms with Crippen molar-refractivity contribution in [1.29, 1.82) is 0 Å². The largest absolute Gasteiger partial charge is 0.381 e.